The van der Waals surface area contributed by atoms with Gasteiger partial charge in [-0.3, -0.25) is 24.1 Å². The van der Waals surface area contributed by atoms with E-state index < -0.39 is 23.1 Å². The van der Waals surface area contributed by atoms with Gasteiger partial charge < -0.3 is 5.11 Å². The maximum absolute atomic E-state index is 14.1. The summed E-state index contributed by atoms with van der Waals surface area (Å²) in [6.45, 7) is 0.0329. The number of hydrogen-bond acceptors (Lipinski definition) is 6. The fourth-order valence-electron chi connectivity index (χ4n) is 4.09. The molecule has 5 rings (SSSR count). The van der Waals surface area contributed by atoms with Crippen molar-refractivity contribution >= 4 is 17.7 Å². The number of hydrogen-bond donors (Lipinski definition) is 1. The van der Waals surface area contributed by atoms with Gasteiger partial charge in [0.2, 0.25) is 5.43 Å². The van der Waals surface area contributed by atoms with E-state index in [0.717, 1.165) is 26.6 Å². The fraction of sp³-hybridized carbons (Fsp3) is 0.182. The minimum Gasteiger partial charge on any atom is -0.502 e. The number of benzene rings is 2. The summed E-state index contributed by atoms with van der Waals surface area (Å²) in [5, 5.41) is 13.3. The third-order valence-electron chi connectivity index (χ3n) is 5.55. The molecule has 1 atom stereocenters. The lowest BCUT2D eigenvalue weighted by atomic mass is 9.94. The van der Waals surface area contributed by atoms with Gasteiger partial charge in [0.25, 0.3) is 0 Å². The number of amides is 1. The van der Waals surface area contributed by atoms with Crippen LogP contribution in [0.3, 0.4) is 0 Å². The molecule has 2 aliphatic rings. The third kappa shape index (κ3) is 3.08. The van der Waals surface area contributed by atoms with Gasteiger partial charge in [-0.05, 0) is 28.8 Å². The summed E-state index contributed by atoms with van der Waals surface area (Å²) in [6.07, 6.45) is 1.46. The largest absolute Gasteiger partial charge is 0.502 e. The van der Waals surface area contributed by atoms with Crippen LogP contribution in [0.2, 0.25) is 0 Å². The Kier molecular flexibility index (Phi) is 4.71. The van der Waals surface area contributed by atoms with Crippen molar-refractivity contribution in [3.63, 3.8) is 0 Å². The molecule has 0 saturated carbocycles. The molecule has 2 aromatic carbocycles. The average molecular weight is 439 g/mol. The Hall–Kier alpha value is -3.30. The van der Waals surface area contributed by atoms with Crippen molar-refractivity contribution in [2.45, 2.75) is 16.7 Å². The number of carbonyl (C=O) groups excluding carboxylic acids is 1. The van der Waals surface area contributed by atoms with E-state index in [1.165, 1.54) is 36.2 Å². The first-order valence-electron chi connectivity index (χ1n) is 9.57. The summed E-state index contributed by atoms with van der Waals surface area (Å²) in [4.78, 5) is 31.0. The molecule has 2 aliphatic heterocycles. The Morgan fingerprint density at radius 3 is 2.74 bits per heavy atom. The summed E-state index contributed by atoms with van der Waals surface area (Å²) >= 11 is 1.54. The number of aromatic hydroxyl groups is 1. The first kappa shape index (κ1) is 19.7. The number of carbonyl (C=O) groups is 1. The van der Waals surface area contributed by atoms with Crippen LogP contribution in [0.25, 0.3) is 0 Å². The SMILES string of the molecule is CON1CN([C@H]2c3ccccc3CSc3cc(F)ccc32)n2ccc(=O)c(O)c2C1=O. The molecule has 3 heterocycles. The van der Waals surface area contributed by atoms with E-state index in [4.69, 9.17) is 4.84 Å². The molecule has 1 aromatic heterocycles. The lowest BCUT2D eigenvalue weighted by molar-refractivity contribution is -0.105. The van der Waals surface area contributed by atoms with Crippen LogP contribution in [0, 0.1) is 5.82 Å². The normalized spacial score (nSPS) is 17.6. The molecule has 0 saturated heterocycles. The summed E-state index contributed by atoms with van der Waals surface area (Å²) in [6, 6.07) is 13.3. The topological polar surface area (TPSA) is 75.0 Å². The highest BCUT2D eigenvalue weighted by molar-refractivity contribution is 7.98. The predicted octanol–water partition coefficient (Wildman–Crippen LogP) is 3.00. The summed E-state index contributed by atoms with van der Waals surface area (Å²) < 4.78 is 15.5. The van der Waals surface area contributed by atoms with Gasteiger partial charge in [0.1, 0.15) is 12.5 Å². The van der Waals surface area contributed by atoms with E-state index >= 15 is 0 Å². The van der Waals surface area contributed by atoms with E-state index in [0.29, 0.717) is 5.75 Å². The maximum Gasteiger partial charge on any atom is 0.301 e. The number of thioether (sulfide) groups is 1. The lowest BCUT2D eigenvalue weighted by Gasteiger charge is -2.43. The third-order valence-corrected chi connectivity index (χ3v) is 6.67. The standard InChI is InChI=1S/C22H18FN3O4S/c1-30-26-12-25(24-9-8-17(27)21(28)20(24)22(26)29)19-15-5-3-2-4-13(15)11-31-18-10-14(23)6-7-16(18)19/h2-10,19,28H,11-12H2,1H3/t19-/m0/s1. The predicted molar refractivity (Wildman–Crippen MR) is 113 cm³/mol. The van der Waals surface area contributed by atoms with Crippen LogP contribution in [0.4, 0.5) is 4.39 Å². The van der Waals surface area contributed by atoms with Crippen molar-refractivity contribution in [1.82, 2.24) is 9.74 Å². The smallest absolute Gasteiger partial charge is 0.301 e. The van der Waals surface area contributed by atoms with Crippen molar-refractivity contribution in [3.05, 3.63) is 93.2 Å². The van der Waals surface area contributed by atoms with Crippen LogP contribution < -0.4 is 10.4 Å². The molecule has 0 fully saturated rings. The van der Waals surface area contributed by atoms with Crippen LogP contribution in [-0.4, -0.2) is 34.5 Å². The number of fused-ring (bicyclic) bond motifs is 3. The number of hydroxylamine groups is 2. The van der Waals surface area contributed by atoms with E-state index in [-0.39, 0.29) is 18.2 Å². The zero-order valence-corrected chi connectivity index (χ0v) is 17.3. The highest BCUT2D eigenvalue weighted by Gasteiger charge is 2.38. The van der Waals surface area contributed by atoms with Crippen LogP contribution in [0.1, 0.15) is 33.2 Å². The van der Waals surface area contributed by atoms with E-state index in [9.17, 15) is 19.1 Å². The molecular formula is C22H18FN3O4S. The molecule has 0 unspecified atom stereocenters. The van der Waals surface area contributed by atoms with Crippen molar-refractivity contribution in [2.75, 3.05) is 18.8 Å². The van der Waals surface area contributed by atoms with Crippen molar-refractivity contribution < 1.29 is 19.1 Å². The number of pyridine rings is 1. The van der Waals surface area contributed by atoms with Crippen LogP contribution in [0.15, 0.2) is 64.4 Å². The molecule has 0 bridgehead atoms. The Labute approximate surface area is 181 Å². The monoisotopic (exact) mass is 439 g/mol. The quantitative estimate of drug-likeness (QED) is 0.662. The summed E-state index contributed by atoms with van der Waals surface area (Å²) in [5.74, 6) is -0.934. The van der Waals surface area contributed by atoms with Gasteiger partial charge in [0.15, 0.2) is 11.4 Å². The van der Waals surface area contributed by atoms with Crippen LogP contribution in [0.5, 0.6) is 5.75 Å². The Morgan fingerprint density at radius 2 is 1.94 bits per heavy atom. The molecule has 1 N–H and O–H groups in total. The molecule has 31 heavy (non-hydrogen) atoms. The molecular weight excluding hydrogens is 421 g/mol. The van der Waals surface area contributed by atoms with Gasteiger partial charge in [0, 0.05) is 22.9 Å². The summed E-state index contributed by atoms with van der Waals surface area (Å²) in [5.41, 5.74) is 2.07. The second-order valence-electron chi connectivity index (χ2n) is 7.24. The Morgan fingerprint density at radius 1 is 1.13 bits per heavy atom. The van der Waals surface area contributed by atoms with Crippen molar-refractivity contribution in [3.8, 4) is 5.75 Å². The minimum atomic E-state index is -0.656. The second-order valence-corrected chi connectivity index (χ2v) is 8.26. The Bertz CT molecular complexity index is 1260. The maximum atomic E-state index is 14.1. The Balaban J connectivity index is 1.79. The van der Waals surface area contributed by atoms with E-state index in [2.05, 4.69) is 0 Å². The highest BCUT2D eigenvalue weighted by Crippen LogP contribution is 2.43. The molecule has 7 nitrogen and oxygen atoms in total. The molecule has 0 aliphatic carbocycles. The molecule has 3 aromatic rings. The highest BCUT2D eigenvalue weighted by atomic mass is 32.2. The van der Waals surface area contributed by atoms with Gasteiger partial charge in [-0.15, -0.1) is 11.8 Å². The van der Waals surface area contributed by atoms with Gasteiger partial charge in [-0.25, -0.2) is 4.39 Å². The minimum absolute atomic E-state index is 0.0329. The van der Waals surface area contributed by atoms with Gasteiger partial charge >= 0.3 is 5.91 Å². The fourth-order valence-corrected chi connectivity index (χ4v) is 5.21. The summed E-state index contributed by atoms with van der Waals surface area (Å²) in [7, 11) is 1.35. The van der Waals surface area contributed by atoms with Crippen molar-refractivity contribution in [1.29, 1.82) is 0 Å². The number of halogens is 1. The lowest BCUT2D eigenvalue weighted by Crippen LogP contribution is -2.55. The number of aromatic nitrogens is 1. The van der Waals surface area contributed by atoms with E-state index in [1.54, 1.807) is 17.8 Å². The molecule has 0 spiro atoms. The molecule has 0 radical (unpaired) electrons. The average Bonchev–Trinajstić information content (AvgIpc) is 2.93. The zero-order chi connectivity index (χ0) is 21.7. The number of rotatable bonds is 2. The molecule has 1 amide bonds. The molecule has 9 heteroatoms. The van der Waals surface area contributed by atoms with Gasteiger partial charge in [-0.1, -0.05) is 30.3 Å². The van der Waals surface area contributed by atoms with Gasteiger partial charge in [0.05, 0.1) is 13.2 Å². The van der Waals surface area contributed by atoms with Gasteiger partial charge in [-0.2, -0.15) is 5.06 Å². The first-order valence-corrected chi connectivity index (χ1v) is 10.6. The zero-order valence-electron chi connectivity index (χ0n) is 16.5. The molecule has 158 valence electrons. The van der Waals surface area contributed by atoms with E-state index in [1.807, 2.05) is 29.3 Å². The number of nitrogens with zero attached hydrogens (tertiary/aromatic N) is 3. The first-order chi connectivity index (χ1) is 15.0. The van der Waals surface area contributed by atoms with Crippen LogP contribution >= 0.6 is 11.8 Å². The van der Waals surface area contributed by atoms with Crippen molar-refractivity contribution in [2.24, 2.45) is 0 Å². The second kappa shape index (κ2) is 7.44. The van der Waals surface area contributed by atoms with Crippen LogP contribution in [-0.2, 0) is 10.6 Å².